The Bertz CT molecular complexity index is 917. The maximum atomic E-state index is 13.8. The van der Waals surface area contributed by atoms with Crippen molar-refractivity contribution in [2.45, 2.75) is 6.92 Å². The van der Waals surface area contributed by atoms with Gasteiger partial charge in [-0.25, -0.2) is 8.78 Å². The number of allylic oxidation sites excluding steroid dienone is 1. The van der Waals surface area contributed by atoms with Gasteiger partial charge in [-0.05, 0) is 43.0 Å². The van der Waals surface area contributed by atoms with Crippen LogP contribution in [0.3, 0.4) is 0 Å². The molecule has 0 atom stereocenters. The van der Waals surface area contributed by atoms with Crippen LogP contribution in [0.4, 0.5) is 8.78 Å². The maximum Gasteiger partial charge on any atom is 0.277 e. The summed E-state index contributed by atoms with van der Waals surface area (Å²) >= 11 is 0. The number of hydrogen-bond donors (Lipinski definition) is 0. The molecular formula is C18H13F2N3O. The topological polar surface area (TPSA) is 51.3 Å². The van der Waals surface area contributed by atoms with Crippen LogP contribution in [0.15, 0.2) is 58.0 Å². The second kappa shape index (κ2) is 6.54. The van der Waals surface area contributed by atoms with E-state index in [4.69, 9.17) is 4.52 Å². The predicted octanol–water partition coefficient (Wildman–Crippen LogP) is 4.60. The summed E-state index contributed by atoms with van der Waals surface area (Å²) in [7, 11) is 0. The lowest BCUT2D eigenvalue weighted by Gasteiger charge is -2.03. The van der Waals surface area contributed by atoms with Gasteiger partial charge in [0, 0.05) is 0 Å². The molecule has 4 nitrogen and oxygen atoms in total. The summed E-state index contributed by atoms with van der Waals surface area (Å²) in [4.78, 5) is 8.07. The van der Waals surface area contributed by atoms with Crippen molar-refractivity contribution in [3.05, 3.63) is 71.6 Å². The minimum absolute atomic E-state index is 0.0518. The molecule has 0 saturated carbocycles. The number of hydrogen-bond acceptors (Lipinski definition) is 4. The lowest BCUT2D eigenvalue weighted by atomic mass is 10.1. The van der Waals surface area contributed by atoms with Gasteiger partial charge in [0.1, 0.15) is 17.3 Å². The van der Waals surface area contributed by atoms with Gasteiger partial charge < -0.3 is 4.52 Å². The monoisotopic (exact) mass is 325 g/mol. The van der Waals surface area contributed by atoms with Gasteiger partial charge >= 0.3 is 0 Å². The Balaban J connectivity index is 2.06. The standard InChI is InChI=1S/C18H13F2N3O/c1-11(12-6-4-3-5-7-12)16(21-2)18-22-17(23-24-18)14-10-13(19)8-9-15(14)20/h3-10H,2H2,1H3/b16-11+. The summed E-state index contributed by atoms with van der Waals surface area (Å²) in [5.41, 5.74) is 2.00. The average Bonchev–Trinajstić information content (AvgIpc) is 3.08. The van der Waals surface area contributed by atoms with Gasteiger partial charge in [0.2, 0.25) is 5.82 Å². The highest BCUT2D eigenvalue weighted by atomic mass is 19.1. The van der Waals surface area contributed by atoms with E-state index in [0.717, 1.165) is 29.3 Å². The van der Waals surface area contributed by atoms with Gasteiger partial charge in [0.25, 0.3) is 5.89 Å². The zero-order valence-electron chi connectivity index (χ0n) is 12.8. The van der Waals surface area contributed by atoms with Gasteiger partial charge in [-0.1, -0.05) is 35.5 Å². The highest BCUT2D eigenvalue weighted by molar-refractivity contribution is 5.88. The Morgan fingerprint density at radius 3 is 2.58 bits per heavy atom. The highest BCUT2D eigenvalue weighted by Gasteiger charge is 2.18. The Kier molecular flexibility index (Phi) is 4.29. The van der Waals surface area contributed by atoms with E-state index in [0.29, 0.717) is 5.70 Å². The first-order valence-electron chi connectivity index (χ1n) is 7.12. The normalized spacial score (nSPS) is 12.0. The maximum absolute atomic E-state index is 13.8. The third-order valence-corrected chi connectivity index (χ3v) is 3.52. The molecular weight excluding hydrogens is 312 g/mol. The minimum atomic E-state index is -0.638. The molecule has 0 aliphatic carbocycles. The number of rotatable bonds is 4. The molecule has 0 spiro atoms. The number of halogens is 2. The molecule has 0 radical (unpaired) electrons. The van der Waals surface area contributed by atoms with Crippen LogP contribution in [0.2, 0.25) is 0 Å². The van der Waals surface area contributed by atoms with Crippen molar-refractivity contribution in [3.8, 4) is 11.4 Å². The molecule has 0 bridgehead atoms. The number of aromatic nitrogens is 2. The van der Waals surface area contributed by atoms with Gasteiger partial charge in [0.15, 0.2) is 0 Å². The van der Waals surface area contributed by atoms with E-state index >= 15 is 0 Å². The third kappa shape index (κ3) is 2.99. The SMILES string of the molecule is C=N/C(=C(\C)c1ccccc1)c1nc(-c2cc(F)ccc2F)no1. The fourth-order valence-corrected chi connectivity index (χ4v) is 2.27. The van der Waals surface area contributed by atoms with Gasteiger partial charge in [-0.2, -0.15) is 4.98 Å². The van der Waals surface area contributed by atoms with E-state index in [9.17, 15) is 8.78 Å². The van der Waals surface area contributed by atoms with Crippen LogP contribution in [-0.2, 0) is 0 Å². The summed E-state index contributed by atoms with van der Waals surface area (Å²) in [6.45, 7) is 5.37. The molecule has 1 aromatic heterocycles. The number of nitrogens with zero attached hydrogens (tertiary/aromatic N) is 3. The van der Waals surface area contributed by atoms with Crippen LogP contribution in [-0.4, -0.2) is 16.9 Å². The van der Waals surface area contributed by atoms with Gasteiger partial charge in [-0.15, -0.1) is 0 Å². The fourth-order valence-electron chi connectivity index (χ4n) is 2.27. The molecule has 0 fully saturated rings. The molecule has 24 heavy (non-hydrogen) atoms. The predicted molar refractivity (Wildman–Crippen MR) is 88.1 cm³/mol. The molecule has 3 aromatic rings. The second-order valence-corrected chi connectivity index (χ2v) is 5.05. The van der Waals surface area contributed by atoms with E-state index in [2.05, 4.69) is 21.9 Å². The molecule has 0 N–H and O–H groups in total. The van der Waals surface area contributed by atoms with E-state index in [1.807, 2.05) is 37.3 Å². The zero-order chi connectivity index (χ0) is 17.1. The van der Waals surface area contributed by atoms with Crippen molar-refractivity contribution in [3.63, 3.8) is 0 Å². The second-order valence-electron chi connectivity index (χ2n) is 5.05. The number of aliphatic imine (C=N–C) groups is 1. The van der Waals surface area contributed by atoms with Crippen LogP contribution in [0, 0.1) is 11.6 Å². The number of benzene rings is 2. The Hall–Kier alpha value is -3.15. The average molecular weight is 325 g/mol. The Morgan fingerprint density at radius 1 is 1.12 bits per heavy atom. The quantitative estimate of drug-likeness (QED) is 0.659. The Labute approximate surface area is 137 Å². The molecule has 0 aliphatic heterocycles. The van der Waals surface area contributed by atoms with Crippen molar-refractivity contribution in [1.29, 1.82) is 0 Å². The summed E-state index contributed by atoms with van der Waals surface area (Å²) < 4.78 is 32.3. The van der Waals surface area contributed by atoms with Crippen molar-refractivity contribution in [1.82, 2.24) is 10.1 Å². The van der Waals surface area contributed by atoms with Gasteiger partial charge in [-0.3, -0.25) is 4.99 Å². The molecule has 3 rings (SSSR count). The van der Waals surface area contributed by atoms with Crippen LogP contribution in [0.1, 0.15) is 18.4 Å². The van der Waals surface area contributed by atoms with Crippen LogP contribution >= 0.6 is 0 Å². The van der Waals surface area contributed by atoms with Crippen molar-refractivity contribution in [2.75, 3.05) is 0 Å². The summed E-state index contributed by atoms with van der Waals surface area (Å²) in [5, 5.41) is 3.72. The molecule has 0 amide bonds. The van der Waals surface area contributed by atoms with Gasteiger partial charge in [0.05, 0.1) is 5.56 Å². The first-order valence-corrected chi connectivity index (χ1v) is 7.12. The Morgan fingerprint density at radius 2 is 1.88 bits per heavy atom. The molecule has 0 aliphatic rings. The lowest BCUT2D eigenvalue weighted by molar-refractivity contribution is 0.407. The largest absolute Gasteiger partial charge is 0.332 e. The molecule has 6 heteroatoms. The van der Waals surface area contributed by atoms with Crippen molar-refractivity contribution in [2.24, 2.45) is 4.99 Å². The summed E-state index contributed by atoms with van der Waals surface area (Å²) in [5.74, 6) is -1.19. The molecule has 0 unspecified atom stereocenters. The molecule has 1 heterocycles. The van der Waals surface area contributed by atoms with Crippen molar-refractivity contribution >= 4 is 18.0 Å². The lowest BCUT2D eigenvalue weighted by Crippen LogP contribution is -1.90. The first kappa shape index (κ1) is 15.7. The van der Waals surface area contributed by atoms with Crippen molar-refractivity contribution < 1.29 is 13.3 Å². The summed E-state index contributed by atoms with van der Waals surface area (Å²) in [6, 6.07) is 12.5. The van der Waals surface area contributed by atoms with E-state index in [1.54, 1.807) is 0 Å². The molecule has 120 valence electrons. The fraction of sp³-hybridized carbons (Fsp3) is 0.0556. The van der Waals surface area contributed by atoms with E-state index < -0.39 is 11.6 Å². The molecule has 0 saturated heterocycles. The third-order valence-electron chi connectivity index (χ3n) is 3.52. The van der Waals surface area contributed by atoms with Crippen LogP contribution < -0.4 is 0 Å². The minimum Gasteiger partial charge on any atom is -0.332 e. The van der Waals surface area contributed by atoms with Crippen LogP contribution in [0.25, 0.3) is 22.7 Å². The van der Waals surface area contributed by atoms with Crippen LogP contribution in [0.5, 0.6) is 0 Å². The summed E-state index contributed by atoms with van der Waals surface area (Å²) in [6.07, 6.45) is 0. The van der Waals surface area contributed by atoms with E-state index in [1.165, 1.54) is 0 Å². The van der Waals surface area contributed by atoms with E-state index in [-0.39, 0.29) is 17.3 Å². The first-order chi connectivity index (χ1) is 11.6. The smallest absolute Gasteiger partial charge is 0.277 e. The zero-order valence-corrected chi connectivity index (χ0v) is 12.8. The highest BCUT2D eigenvalue weighted by Crippen LogP contribution is 2.28. The molecule has 2 aromatic carbocycles.